The summed E-state index contributed by atoms with van der Waals surface area (Å²) in [6.07, 6.45) is 3.72. The van der Waals surface area contributed by atoms with Crippen LogP contribution in [0.4, 0.5) is 0 Å². The quantitative estimate of drug-likeness (QED) is 0.320. The van der Waals surface area contributed by atoms with Crippen molar-refractivity contribution >= 4 is 17.7 Å². The SMILES string of the molecule is COc1ccc(OC)c(CC(=O)NCc2nnc(SCc3ccncc3)n2Cc2ccccc2)c1. The van der Waals surface area contributed by atoms with Gasteiger partial charge in [0, 0.05) is 23.7 Å². The number of pyridine rings is 1. The molecule has 1 N–H and O–H groups in total. The highest BCUT2D eigenvalue weighted by molar-refractivity contribution is 7.98. The van der Waals surface area contributed by atoms with Crippen LogP contribution in [0.2, 0.25) is 0 Å². The predicted molar refractivity (Wildman–Crippen MR) is 134 cm³/mol. The first-order valence-electron chi connectivity index (χ1n) is 11.1. The van der Waals surface area contributed by atoms with E-state index in [9.17, 15) is 4.79 Å². The van der Waals surface area contributed by atoms with Crippen LogP contribution in [0.25, 0.3) is 0 Å². The molecule has 0 saturated carbocycles. The number of rotatable bonds is 11. The van der Waals surface area contributed by atoms with E-state index in [1.807, 2.05) is 41.0 Å². The van der Waals surface area contributed by atoms with Gasteiger partial charge in [-0.2, -0.15) is 0 Å². The Balaban J connectivity index is 1.47. The van der Waals surface area contributed by atoms with E-state index in [-0.39, 0.29) is 18.9 Å². The van der Waals surface area contributed by atoms with Gasteiger partial charge in [-0.1, -0.05) is 42.1 Å². The molecule has 0 spiro atoms. The Morgan fingerprint density at radius 2 is 1.77 bits per heavy atom. The van der Waals surface area contributed by atoms with E-state index < -0.39 is 0 Å². The Hall–Kier alpha value is -3.85. The fourth-order valence-electron chi connectivity index (χ4n) is 3.54. The van der Waals surface area contributed by atoms with Gasteiger partial charge in [0.05, 0.1) is 33.7 Å². The third kappa shape index (κ3) is 6.60. The molecule has 2 aromatic carbocycles. The molecule has 0 aliphatic carbocycles. The fourth-order valence-corrected chi connectivity index (χ4v) is 4.45. The van der Waals surface area contributed by atoms with Crippen LogP contribution in [-0.2, 0) is 30.1 Å². The summed E-state index contributed by atoms with van der Waals surface area (Å²) in [7, 11) is 3.18. The maximum absolute atomic E-state index is 12.8. The summed E-state index contributed by atoms with van der Waals surface area (Å²) >= 11 is 1.60. The summed E-state index contributed by atoms with van der Waals surface area (Å²) < 4.78 is 12.7. The molecule has 0 atom stereocenters. The van der Waals surface area contributed by atoms with E-state index >= 15 is 0 Å². The lowest BCUT2D eigenvalue weighted by Gasteiger charge is -2.12. The van der Waals surface area contributed by atoms with Crippen molar-refractivity contribution in [3.05, 3.63) is 95.6 Å². The normalized spacial score (nSPS) is 10.7. The highest BCUT2D eigenvalue weighted by Gasteiger charge is 2.16. The molecule has 4 aromatic rings. The molecule has 2 heterocycles. The van der Waals surface area contributed by atoms with E-state index in [0.29, 0.717) is 23.9 Å². The van der Waals surface area contributed by atoms with Crippen molar-refractivity contribution in [1.82, 2.24) is 25.1 Å². The minimum atomic E-state index is -0.142. The number of carbonyl (C=O) groups is 1. The second-order valence-electron chi connectivity index (χ2n) is 7.75. The number of aromatic nitrogens is 4. The van der Waals surface area contributed by atoms with Crippen LogP contribution in [-0.4, -0.2) is 39.9 Å². The monoisotopic (exact) mass is 489 g/mol. The van der Waals surface area contributed by atoms with Gasteiger partial charge in [0.2, 0.25) is 5.91 Å². The van der Waals surface area contributed by atoms with Gasteiger partial charge < -0.3 is 19.4 Å². The number of thioether (sulfide) groups is 1. The van der Waals surface area contributed by atoms with Gasteiger partial charge in [-0.05, 0) is 41.5 Å². The number of hydrogen-bond donors (Lipinski definition) is 1. The van der Waals surface area contributed by atoms with Crippen molar-refractivity contribution < 1.29 is 14.3 Å². The van der Waals surface area contributed by atoms with Crippen LogP contribution in [0, 0.1) is 0 Å². The minimum absolute atomic E-state index is 0.142. The number of nitrogens with one attached hydrogen (secondary N) is 1. The van der Waals surface area contributed by atoms with Crippen molar-refractivity contribution in [2.75, 3.05) is 14.2 Å². The van der Waals surface area contributed by atoms with Crippen molar-refractivity contribution in [3.8, 4) is 11.5 Å². The molecule has 0 bridgehead atoms. The van der Waals surface area contributed by atoms with Crippen LogP contribution in [0.3, 0.4) is 0 Å². The largest absolute Gasteiger partial charge is 0.497 e. The van der Waals surface area contributed by atoms with Crippen LogP contribution < -0.4 is 14.8 Å². The molecule has 9 heteroatoms. The smallest absolute Gasteiger partial charge is 0.224 e. The molecule has 0 fully saturated rings. The van der Waals surface area contributed by atoms with E-state index in [2.05, 4.69) is 32.6 Å². The van der Waals surface area contributed by atoms with E-state index in [0.717, 1.165) is 27.6 Å². The van der Waals surface area contributed by atoms with E-state index in [4.69, 9.17) is 9.47 Å². The van der Waals surface area contributed by atoms with Gasteiger partial charge in [-0.25, -0.2) is 0 Å². The van der Waals surface area contributed by atoms with Gasteiger partial charge in [0.25, 0.3) is 0 Å². The maximum atomic E-state index is 12.8. The maximum Gasteiger partial charge on any atom is 0.224 e. The Bertz CT molecular complexity index is 1250. The van der Waals surface area contributed by atoms with Crippen LogP contribution in [0.15, 0.2) is 78.2 Å². The van der Waals surface area contributed by atoms with Gasteiger partial charge in [-0.15, -0.1) is 10.2 Å². The van der Waals surface area contributed by atoms with Crippen LogP contribution in [0.1, 0.15) is 22.5 Å². The lowest BCUT2D eigenvalue weighted by atomic mass is 10.1. The van der Waals surface area contributed by atoms with Crippen LogP contribution in [0.5, 0.6) is 11.5 Å². The summed E-state index contributed by atoms with van der Waals surface area (Å²) in [6, 6.07) is 19.5. The number of ether oxygens (including phenoxy) is 2. The van der Waals surface area contributed by atoms with Gasteiger partial charge in [0.1, 0.15) is 11.5 Å². The molecule has 180 valence electrons. The van der Waals surface area contributed by atoms with Crippen LogP contribution >= 0.6 is 11.8 Å². The van der Waals surface area contributed by atoms with Gasteiger partial charge in [-0.3, -0.25) is 9.78 Å². The second kappa shape index (κ2) is 12.0. The molecular formula is C26H27N5O3S. The molecule has 4 rings (SSSR count). The summed E-state index contributed by atoms with van der Waals surface area (Å²) in [6.45, 7) is 0.877. The molecular weight excluding hydrogens is 462 g/mol. The molecule has 2 aromatic heterocycles. The summed E-state index contributed by atoms with van der Waals surface area (Å²) in [5.74, 6) is 2.61. The van der Waals surface area contributed by atoms with Gasteiger partial charge in [0.15, 0.2) is 11.0 Å². The standard InChI is InChI=1S/C26H27N5O3S/c1-33-22-8-9-23(34-2)21(14-22)15-25(32)28-16-24-29-30-26(35-18-20-10-12-27-13-11-20)31(24)17-19-6-4-3-5-7-19/h3-14H,15-18H2,1-2H3,(H,28,32). The number of nitrogens with zero attached hydrogens (tertiary/aromatic N) is 4. The Labute approximate surface area is 208 Å². The molecule has 0 aliphatic heterocycles. The highest BCUT2D eigenvalue weighted by atomic mass is 32.2. The number of benzene rings is 2. The third-order valence-corrected chi connectivity index (χ3v) is 6.41. The van der Waals surface area contributed by atoms with Crippen molar-refractivity contribution in [1.29, 1.82) is 0 Å². The number of hydrogen-bond acceptors (Lipinski definition) is 7. The van der Waals surface area contributed by atoms with Crippen molar-refractivity contribution in [2.45, 2.75) is 30.4 Å². The zero-order valence-electron chi connectivity index (χ0n) is 19.7. The van der Waals surface area contributed by atoms with Gasteiger partial charge >= 0.3 is 0 Å². The summed E-state index contributed by atoms with van der Waals surface area (Å²) in [5, 5.41) is 12.6. The van der Waals surface area contributed by atoms with Crippen molar-refractivity contribution in [2.24, 2.45) is 0 Å². The molecule has 0 saturated heterocycles. The molecule has 8 nitrogen and oxygen atoms in total. The highest BCUT2D eigenvalue weighted by Crippen LogP contribution is 2.25. The summed E-state index contributed by atoms with van der Waals surface area (Å²) in [5.41, 5.74) is 3.04. The zero-order chi connectivity index (χ0) is 24.5. The second-order valence-corrected chi connectivity index (χ2v) is 8.69. The lowest BCUT2D eigenvalue weighted by molar-refractivity contribution is -0.120. The Morgan fingerprint density at radius 1 is 0.971 bits per heavy atom. The lowest BCUT2D eigenvalue weighted by Crippen LogP contribution is -2.26. The summed E-state index contributed by atoms with van der Waals surface area (Å²) in [4.78, 5) is 16.8. The van der Waals surface area contributed by atoms with E-state index in [1.165, 1.54) is 0 Å². The number of amides is 1. The predicted octanol–water partition coefficient (Wildman–Crippen LogP) is 3.89. The molecule has 0 aliphatic rings. The topological polar surface area (TPSA) is 91.2 Å². The Kier molecular flexibility index (Phi) is 8.34. The first-order chi connectivity index (χ1) is 17.2. The average molecular weight is 490 g/mol. The number of carbonyl (C=O) groups excluding carboxylic acids is 1. The minimum Gasteiger partial charge on any atom is -0.497 e. The number of methoxy groups -OCH3 is 2. The average Bonchev–Trinajstić information content (AvgIpc) is 3.28. The zero-order valence-corrected chi connectivity index (χ0v) is 20.5. The Morgan fingerprint density at radius 3 is 2.51 bits per heavy atom. The molecule has 0 radical (unpaired) electrons. The first-order valence-corrected chi connectivity index (χ1v) is 12.1. The molecule has 1 amide bonds. The molecule has 0 unspecified atom stereocenters. The van der Waals surface area contributed by atoms with Crippen molar-refractivity contribution in [3.63, 3.8) is 0 Å². The van der Waals surface area contributed by atoms with E-state index in [1.54, 1.807) is 50.5 Å². The fraction of sp³-hybridized carbons (Fsp3) is 0.231. The molecule has 35 heavy (non-hydrogen) atoms. The first kappa shape index (κ1) is 24.3. The third-order valence-electron chi connectivity index (χ3n) is 5.38.